The SMILES string of the molecule is C=CC(C)NC(=O)c1ccc([N+](=O)[O-])cc1O. The topological polar surface area (TPSA) is 92.5 Å². The fourth-order valence-electron chi connectivity index (χ4n) is 1.17. The fourth-order valence-corrected chi connectivity index (χ4v) is 1.17. The molecule has 2 N–H and O–H groups in total. The summed E-state index contributed by atoms with van der Waals surface area (Å²) in [6.07, 6.45) is 1.53. The standard InChI is InChI=1S/C11H12N2O4/c1-3-7(2)12-11(15)9-5-4-8(13(16)17)6-10(9)14/h3-7,14H,1H2,2H3,(H,12,15). The minimum Gasteiger partial charge on any atom is -0.507 e. The van der Waals surface area contributed by atoms with Gasteiger partial charge >= 0.3 is 0 Å². The first-order chi connectivity index (χ1) is 7.95. The van der Waals surface area contributed by atoms with Crippen molar-refractivity contribution in [1.29, 1.82) is 0 Å². The van der Waals surface area contributed by atoms with Gasteiger partial charge in [-0.25, -0.2) is 0 Å². The molecule has 6 nitrogen and oxygen atoms in total. The van der Waals surface area contributed by atoms with Gasteiger partial charge in [-0.15, -0.1) is 6.58 Å². The molecule has 0 saturated carbocycles. The average Bonchev–Trinajstić information content (AvgIpc) is 2.28. The largest absolute Gasteiger partial charge is 0.507 e. The molecule has 1 rings (SSSR count). The number of carbonyl (C=O) groups is 1. The molecule has 0 radical (unpaired) electrons. The highest BCUT2D eigenvalue weighted by molar-refractivity contribution is 5.97. The molecule has 0 heterocycles. The lowest BCUT2D eigenvalue weighted by Gasteiger charge is -2.09. The second-order valence-corrected chi connectivity index (χ2v) is 3.46. The summed E-state index contributed by atoms with van der Waals surface area (Å²) in [5.41, 5.74) is -0.278. The molecule has 1 aromatic rings. The molecule has 17 heavy (non-hydrogen) atoms. The number of aromatic hydroxyl groups is 1. The van der Waals surface area contributed by atoms with Crippen molar-refractivity contribution in [3.63, 3.8) is 0 Å². The average molecular weight is 236 g/mol. The van der Waals surface area contributed by atoms with Crippen molar-refractivity contribution in [3.8, 4) is 5.75 Å². The molecule has 90 valence electrons. The second kappa shape index (κ2) is 5.11. The number of phenols is 1. The van der Waals surface area contributed by atoms with Crippen molar-refractivity contribution < 1.29 is 14.8 Å². The maximum Gasteiger partial charge on any atom is 0.273 e. The second-order valence-electron chi connectivity index (χ2n) is 3.46. The maximum atomic E-state index is 11.6. The highest BCUT2D eigenvalue weighted by Gasteiger charge is 2.16. The Labute approximate surface area is 97.7 Å². The van der Waals surface area contributed by atoms with E-state index >= 15 is 0 Å². The molecule has 0 spiro atoms. The Bertz CT molecular complexity index is 471. The first kappa shape index (κ1) is 12.7. The minimum atomic E-state index is -0.645. The predicted molar refractivity (Wildman–Crippen MR) is 61.9 cm³/mol. The van der Waals surface area contributed by atoms with E-state index in [0.717, 1.165) is 12.1 Å². The molecule has 0 fully saturated rings. The van der Waals surface area contributed by atoms with Gasteiger partial charge in [0.05, 0.1) is 16.6 Å². The van der Waals surface area contributed by atoms with E-state index in [0.29, 0.717) is 0 Å². The van der Waals surface area contributed by atoms with Crippen molar-refractivity contribution in [2.75, 3.05) is 0 Å². The molecule has 1 unspecified atom stereocenters. The van der Waals surface area contributed by atoms with Crippen LogP contribution in [-0.2, 0) is 0 Å². The van der Waals surface area contributed by atoms with Gasteiger partial charge in [0.15, 0.2) is 0 Å². The Morgan fingerprint density at radius 1 is 1.65 bits per heavy atom. The van der Waals surface area contributed by atoms with Crippen LogP contribution in [0.25, 0.3) is 0 Å². The van der Waals surface area contributed by atoms with Crippen LogP contribution in [0.1, 0.15) is 17.3 Å². The van der Waals surface area contributed by atoms with Crippen LogP contribution in [0.5, 0.6) is 5.75 Å². The predicted octanol–water partition coefficient (Wildman–Crippen LogP) is 1.60. The van der Waals surface area contributed by atoms with Crippen molar-refractivity contribution >= 4 is 11.6 Å². The van der Waals surface area contributed by atoms with Crippen LogP contribution < -0.4 is 5.32 Å². The smallest absolute Gasteiger partial charge is 0.273 e. The summed E-state index contributed by atoms with van der Waals surface area (Å²) in [5.74, 6) is -0.933. The highest BCUT2D eigenvalue weighted by atomic mass is 16.6. The van der Waals surface area contributed by atoms with Crippen LogP contribution >= 0.6 is 0 Å². The summed E-state index contributed by atoms with van der Waals surface area (Å²) in [6.45, 7) is 5.22. The maximum absolute atomic E-state index is 11.6. The lowest BCUT2D eigenvalue weighted by atomic mass is 10.1. The van der Waals surface area contributed by atoms with Crippen molar-refractivity contribution in [1.82, 2.24) is 5.32 Å². The first-order valence-electron chi connectivity index (χ1n) is 4.86. The van der Waals surface area contributed by atoms with Gasteiger partial charge in [0.1, 0.15) is 5.75 Å². The van der Waals surface area contributed by atoms with Gasteiger partial charge in [-0.2, -0.15) is 0 Å². The number of hydrogen-bond donors (Lipinski definition) is 2. The number of rotatable bonds is 4. The van der Waals surface area contributed by atoms with E-state index in [9.17, 15) is 20.0 Å². The molecule has 1 amide bonds. The Kier molecular flexibility index (Phi) is 3.82. The molecule has 0 aliphatic carbocycles. The summed E-state index contributed by atoms with van der Waals surface area (Å²) >= 11 is 0. The third-order valence-corrected chi connectivity index (χ3v) is 2.15. The molecule has 0 aliphatic heterocycles. The number of nitro benzene ring substituents is 1. The van der Waals surface area contributed by atoms with Crippen LogP contribution in [0.2, 0.25) is 0 Å². The Balaban J connectivity index is 2.96. The molecular formula is C11H12N2O4. The van der Waals surface area contributed by atoms with E-state index < -0.39 is 16.6 Å². The lowest BCUT2D eigenvalue weighted by Crippen LogP contribution is -2.30. The number of benzene rings is 1. The molecule has 0 saturated heterocycles. The Morgan fingerprint density at radius 3 is 2.76 bits per heavy atom. The zero-order valence-electron chi connectivity index (χ0n) is 9.21. The fraction of sp³-hybridized carbons (Fsp3) is 0.182. The summed E-state index contributed by atoms with van der Waals surface area (Å²) in [6, 6.07) is 3.05. The van der Waals surface area contributed by atoms with Crippen LogP contribution in [-0.4, -0.2) is 22.0 Å². The molecule has 0 aromatic heterocycles. The molecule has 6 heteroatoms. The molecule has 0 aliphatic rings. The lowest BCUT2D eigenvalue weighted by molar-refractivity contribution is -0.384. The van der Waals surface area contributed by atoms with Crippen molar-refractivity contribution in [2.45, 2.75) is 13.0 Å². The number of nitrogens with one attached hydrogen (secondary N) is 1. The van der Waals surface area contributed by atoms with E-state index in [1.165, 1.54) is 12.1 Å². The van der Waals surface area contributed by atoms with Crippen LogP contribution in [0.15, 0.2) is 30.9 Å². The quantitative estimate of drug-likeness (QED) is 0.471. The van der Waals surface area contributed by atoms with Gasteiger partial charge in [0.25, 0.3) is 11.6 Å². The summed E-state index contributed by atoms with van der Waals surface area (Å²) < 4.78 is 0. The van der Waals surface area contributed by atoms with Gasteiger partial charge in [0, 0.05) is 12.1 Å². The zero-order valence-corrected chi connectivity index (χ0v) is 9.21. The number of hydrogen-bond acceptors (Lipinski definition) is 4. The first-order valence-corrected chi connectivity index (χ1v) is 4.86. The van der Waals surface area contributed by atoms with Gasteiger partial charge in [-0.1, -0.05) is 6.08 Å². The summed E-state index contributed by atoms with van der Waals surface area (Å²) in [7, 11) is 0. The Hall–Kier alpha value is -2.37. The minimum absolute atomic E-state index is 0.00991. The van der Waals surface area contributed by atoms with E-state index in [2.05, 4.69) is 11.9 Å². The number of nitrogens with zero attached hydrogens (tertiary/aromatic N) is 1. The number of nitro groups is 1. The molecule has 0 bridgehead atoms. The monoisotopic (exact) mass is 236 g/mol. The molecular weight excluding hydrogens is 224 g/mol. The Morgan fingerprint density at radius 2 is 2.29 bits per heavy atom. The normalized spacial score (nSPS) is 11.6. The van der Waals surface area contributed by atoms with Crippen LogP contribution in [0, 0.1) is 10.1 Å². The molecule has 1 atom stereocenters. The van der Waals surface area contributed by atoms with Crippen molar-refractivity contribution in [3.05, 3.63) is 46.5 Å². The van der Waals surface area contributed by atoms with Gasteiger partial charge < -0.3 is 10.4 Å². The van der Waals surface area contributed by atoms with Crippen molar-refractivity contribution in [2.24, 2.45) is 0 Å². The summed E-state index contributed by atoms with van der Waals surface area (Å²) in [5, 5.41) is 22.5. The molecule has 1 aromatic carbocycles. The number of amides is 1. The van der Waals surface area contributed by atoms with E-state index in [1.807, 2.05) is 0 Å². The van der Waals surface area contributed by atoms with Crippen LogP contribution in [0.4, 0.5) is 5.69 Å². The third-order valence-electron chi connectivity index (χ3n) is 2.15. The third kappa shape index (κ3) is 3.04. The number of non-ortho nitro benzene ring substituents is 1. The van der Waals surface area contributed by atoms with E-state index in [-0.39, 0.29) is 17.3 Å². The van der Waals surface area contributed by atoms with E-state index in [4.69, 9.17) is 0 Å². The highest BCUT2D eigenvalue weighted by Crippen LogP contribution is 2.23. The van der Waals surface area contributed by atoms with E-state index in [1.54, 1.807) is 6.92 Å². The zero-order chi connectivity index (χ0) is 13.0. The van der Waals surface area contributed by atoms with Crippen LogP contribution in [0.3, 0.4) is 0 Å². The number of phenolic OH excluding ortho intramolecular Hbond substituents is 1. The summed E-state index contributed by atoms with van der Waals surface area (Å²) in [4.78, 5) is 21.4. The number of carbonyl (C=O) groups excluding carboxylic acids is 1. The van der Waals surface area contributed by atoms with Gasteiger partial charge in [-0.3, -0.25) is 14.9 Å². The van der Waals surface area contributed by atoms with Gasteiger partial charge in [-0.05, 0) is 13.0 Å². The van der Waals surface area contributed by atoms with Gasteiger partial charge in [0.2, 0.25) is 0 Å².